The molecule has 1 saturated heterocycles. The lowest BCUT2D eigenvalue weighted by atomic mass is 9.99. The summed E-state index contributed by atoms with van der Waals surface area (Å²) in [4.78, 5) is 28.4. The standard InChI is InChI=1S/C16H30N2O3/c1-5-9-14(19)18-11-8-7-10-13(18)15(20)17(6-2)12-16(3,4)21/h13,21H,5-12H2,1-4H3. The molecular weight excluding hydrogens is 268 g/mol. The normalized spacial score (nSPS) is 19.5. The fourth-order valence-corrected chi connectivity index (χ4v) is 2.87. The molecule has 0 bridgehead atoms. The van der Waals surface area contributed by atoms with Gasteiger partial charge in [-0.3, -0.25) is 9.59 Å². The van der Waals surface area contributed by atoms with E-state index >= 15 is 0 Å². The summed E-state index contributed by atoms with van der Waals surface area (Å²) in [5.74, 6) is 0.0543. The predicted molar refractivity (Wildman–Crippen MR) is 82.8 cm³/mol. The number of likely N-dealkylation sites (N-methyl/N-ethyl adjacent to an activating group) is 1. The lowest BCUT2D eigenvalue weighted by Gasteiger charge is -2.39. The van der Waals surface area contributed by atoms with E-state index < -0.39 is 5.60 Å². The van der Waals surface area contributed by atoms with Crippen LogP contribution in [0.2, 0.25) is 0 Å². The van der Waals surface area contributed by atoms with E-state index in [4.69, 9.17) is 0 Å². The Hall–Kier alpha value is -1.10. The maximum atomic E-state index is 12.7. The van der Waals surface area contributed by atoms with E-state index in [9.17, 15) is 14.7 Å². The number of rotatable bonds is 6. The van der Waals surface area contributed by atoms with Crippen molar-refractivity contribution in [3.05, 3.63) is 0 Å². The average molecular weight is 298 g/mol. The Morgan fingerprint density at radius 3 is 2.48 bits per heavy atom. The number of hydrogen-bond donors (Lipinski definition) is 1. The molecule has 1 aliphatic heterocycles. The van der Waals surface area contributed by atoms with Gasteiger partial charge in [0.1, 0.15) is 6.04 Å². The monoisotopic (exact) mass is 298 g/mol. The zero-order chi connectivity index (χ0) is 16.0. The summed E-state index contributed by atoms with van der Waals surface area (Å²) in [7, 11) is 0. The van der Waals surface area contributed by atoms with Crippen LogP contribution < -0.4 is 0 Å². The number of piperidine rings is 1. The minimum Gasteiger partial charge on any atom is -0.389 e. The molecule has 1 atom stereocenters. The van der Waals surface area contributed by atoms with Crippen molar-refractivity contribution in [2.75, 3.05) is 19.6 Å². The Morgan fingerprint density at radius 2 is 1.95 bits per heavy atom. The summed E-state index contributed by atoms with van der Waals surface area (Å²) in [5, 5.41) is 9.95. The van der Waals surface area contributed by atoms with Gasteiger partial charge in [0.15, 0.2) is 0 Å². The van der Waals surface area contributed by atoms with Gasteiger partial charge in [0.2, 0.25) is 11.8 Å². The molecule has 0 saturated carbocycles. The van der Waals surface area contributed by atoms with E-state index in [1.165, 1.54) is 0 Å². The number of hydrogen-bond acceptors (Lipinski definition) is 3. The Kier molecular flexibility index (Phi) is 6.65. The molecule has 122 valence electrons. The van der Waals surface area contributed by atoms with Gasteiger partial charge in [0.25, 0.3) is 0 Å². The van der Waals surface area contributed by atoms with Crippen LogP contribution in [0.15, 0.2) is 0 Å². The lowest BCUT2D eigenvalue weighted by molar-refractivity contribution is -0.149. The van der Waals surface area contributed by atoms with Crippen LogP contribution in [0.3, 0.4) is 0 Å². The minimum atomic E-state index is -0.918. The molecule has 1 rings (SSSR count). The van der Waals surface area contributed by atoms with Gasteiger partial charge in [-0.2, -0.15) is 0 Å². The van der Waals surface area contributed by atoms with Crippen LogP contribution in [0.1, 0.15) is 59.8 Å². The third-order valence-electron chi connectivity index (χ3n) is 3.84. The Morgan fingerprint density at radius 1 is 1.29 bits per heavy atom. The van der Waals surface area contributed by atoms with E-state index in [2.05, 4.69) is 0 Å². The number of nitrogens with zero attached hydrogens (tertiary/aromatic N) is 2. The smallest absolute Gasteiger partial charge is 0.245 e. The fourth-order valence-electron chi connectivity index (χ4n) is 2.87. The highest BCUT2D eigenvalue weighted by Gasteiger charge is 2.35. The van der Waals surface area contributed by atoms with Gasteiger partial charge in [-0.15, -0.1) is 0 Å². The first-order valence-corrected chi connectivity index (χ1v) is 8.10. The molecule has 0 aliphatic carbocycles. The molecule has 0 aromatic rings. The van der Waals surface area contributed by atoms with Gasteiger partial charge in [-0.05, 0) is 46.5 Å². The van der Waals surface area contributed by atoms with Crippen molar-refractivity contribution in [3.63, 3.8) is 0 Å². The minimum absolute atomic E-state index is 0.0243. The highest BCUT2D eigenvalue weighted by molar-refractivity contribution is 5.88. The van der Waals surface area contributed by atoms with Gasteiger partial charge in [0, 0.05) is 26.1 Å². The first-order valence-electron chi connectivity index (χ1n) is 8.10. The third-order valence-corrected chi connectivity index (χ3v) is 3.84. The van der Waals surface area contributed by atoms with Crippen molar-refractivity contribution >= 4 is 11.8 Å². The summed E-state index contributed by atoms with van der Waals surface area (Å²) in [5.41, 5.74) is -0.918. The largest absolute Gasteiger partial charge is 0.389 e. The van der Waals surface area contributed by atoms with Crippen LogP contribution in [0.4, 0.5) is 0 Å². The van der Waals surface area contributed by atoms with Crippen LogP contribution in [0.5, 0.6) is 0 Å². The molecule has 2 amide bonds. The van der Waals surface area contributed by atoms with Gasteiger partial charge >= 0.3 is 0 Å². The van der Waals surface area contributed by atoms with Crippen molar-refractivity contribution in [2.45, 2.75) is 71.4 Å². The summed E-state index contributed by atoms with van der Waals surface area (Å²) >= 11 is 0. The van der Waals surface area contributed by atoms with Crippen molar-refractivity contribution in [2.24, 2.45) is 0 Å². The van der Waals surface area contributed by atoms with E-state index in [1.54, 1.807) is 23.6 Å². The van der Waals surface area contributed by atoms with E-state index in [0.717, 1.165) is 25.7 Å². The zero-order valence-corrected chi connectivity index (χ0v) is 13.9. The second-order valence-corrected chi connectivity index (χ2v) is 6.51. The Bertz CT molecular complexity index is 363. The Balaban J connectivity index is 2.82. The van der Waals surface area contributed by atoms with Crippen LogP contribution in [0, 0.1) is 0 Å². The number of likely N-dealkylation sites (tertiary alicyclic amines) is 1. The van der Waals surface area contributed by atoms with Crippen LogP contribution in [-0.4, -0.2) is 58.0 Å². The molecule has 21 heavy (non-hydrogen) atoms. The van der Waals surface area contributed by atoms with Crippen molar-refractivity contribution < 1.29 is 14.7 Å². The van der Waals surface area contributed by atoms with Gasteiger partial charge < -0.3 is 14.9 Å². The first kappa shape index (κ1) is 18.0. The molecule has 1 N–H and O–H groups in total. The molecule has 0 aromatic carbocycles. The maximum absolute atomic E-state index is 12.7. The zero-order valence-electron chi connectivity index (χ0n) is 13.9. The summed E-state index contributed by atoms with van der Waals surface area (Å²) in [6, 6.07) is -0.347. The second-order valence-electron chi connectivity index (χ2n) is 6.51. The number of aliphatic hydroxyl groups is 1. The van der Waals surface area contributed by atoms with Crippen molar-refractivity contribution in [3.8, 4) is 0 Å². The third kappa shape index (κ3) is 5.30. The molecular formula is C16H30N2O3. The molecule has 1 aliphatic rings. The molecule has 0 spiro atoms. The van der Waals surface area contributed by atoms with E-state index in [1.807, 2.05) is 13.8 Å². The van der Waals surface area contributed by atoms with Crippen LogP contribution >= 0.6 is 0 Å². The second kappa shape index (κ2) is 7.78. The Labute approximate surface area is 128 Å². The van der Waals surface area contributed by atoms with Crippen LogP contribution in [-0.2, 0) is 9.59 Å². The van der Waals surface area contributed by atoms with Crippen LogP contribution in [0.25, 0.3) is 0 Å². The highest BCUT2D eigenvalue weighted by Crippen LogP contribution is 2.21. The van der Waals surface area contributed by atoms with Crippen molar-refractivity contribution in [1.82, 2.24) is 9.80 Å². The first-order chi connectivity index (χ1) is 9.80. The molecule has 0 aromatic heterocycles. The number of carbonyl (C=O) groups excluding carboxylic acids is 2. The molecule has 5 nitrogen and oxygen atoms in total. The molecule has 5 heteroatoms. The predicted octanol–water partition coefficient (Wildman–Crippen LogP) is 1.79. The van der Waals surface area contributed by atoms with Crippen molar-refractivity contribution in [1.29, 1.82) is 0 Å². The quantitative estimate of drug-likeness (QED) is 0.813. The summed E-state index contributed by atoms with van der Waals surface area (Å²) < 4.78 is 0. The molecule has 1 unspecified atom stereocenters. The van der Waals surface area contributed by atoms with Gasteiger partial charge in [-0.25, -0.2) is 0 Å². The van der Waals surface area contributed by atoms with Gasteiger partial charge in [-0.1, -0.05) is 6.92 Å². The fraction of sp³-hybridized carbons (Fsp3) is 0.875. The SMILES string of the molecule is CCCC(=O)N1CCCCC1C(=O)N(CC)CC(C)(C)O. The van der Waals surface area contributed by atoms with E-state index in [-0.39, 0.29) is 17.9 Å². The van der Waals surface area contributed by atoms with Gasteiger partial charge in [0.05, 0.1) is 5.60 Å². The molecule has 1 fully saturated rings. The number of carbonyl (C=O) groups is 2. The topological polar surface area (TPSA) is 60.9 Å². The number of amides is 2. The van der Waals surface area contributed by atoms with E-state index in [0.29, 0.717) is 26.1 Å². The average Bonchev–Trinajstić information content (AvgIpc) is 2.43. The maximum Gasteiger partial charge on any atom is 0.245 e. The molecule has 1 heterocycles. The highest BCUT2D eigenvalue weighted by atomic mass is 16.3. The summed E-state index contributed by atoms with van der Waals surface area (Å²) in [6.45, 7) is 8.81. The lowest BCUT2D eigenvalue weighted by Crippen LogP contribution is -2.55. The summed E-state index contributed by atoms with van der Waals surface area (Å²) in [6.07, 6.45) is 3.98. The molecule has 0 radical (unpaired) electrons.